The van der Waals surface area contributed by atoms with Gasteiger partial charge in [-0.25, -0.2) is 4.68 Å². The Morgan fingerprint density at radius 1 is 1.23 bits per heavy atom. The molecule has 2 aromatic heterocycles. The van der Waals surface area contributed by atoms with Crippen LogP contribution in [0, 0.1) is 0 Å². The number of aromatic nitrogens is 4. The molecule has 0 aliphatic carbocycles. The maximum Gasteiger partial charge on any atom is 0.309 e. The van der Waals surface area contributed by atoms with Crippen LogP contribution in [-0.2, 0) is 0 Å². The molecule has 0 bridgehead atoms. The maximum atomic E-state index is 12.2. The van der Waals surface area contributed by atoms with Crippen LogP contribution in [0.1, 0.15) is 37.4 Å². The van der Waals surface area contributed by atoms with Gasteiger partial charge in [-0.15, -0.1) is 10.2 Å². The van der Waals surface area contributed by atoms with E-state index in [0.29, 0.717) is 11.4 Å². The van der Waals surface area contributed by atoms with Gasteiger partial charge in [0.15, 0.2) is 11.4 Å². The van der Waals surface area contributed by atoms with E-state index >= 15 is 0 Å². The van der Waals surface area contributed by atoms with Crippen LogP contribution in [0.2, 0.25) is 0 Å². The first-order chi connectivity index (χ1) is 12.7. The van der Waals surface area contributed by atoms with E-state index in [9.17, 15) is 4.79 Å². The number of nitrogens with one attached hydrogen (secondary N) is 1. The highest BCUT2D eigenvalue weighted by atomic mass is 16.5. The maximum absolute atomic E-state index is 12.2. The predicted molar refractivity (Wildman–Crippen MR) is 95.2 cm³/mol. The van der Waals surface area contributed by atoms with Crippen LogP contribution < -0.4 is 10.1 Å². The lowest BCUT2D eigenvalue weighted by Gasteiger charge is -2.12. The summed E-state index contributed by atoms with van der Waals surface area (Å²) in [4.78, 5) is 12.2. The van der Waals surface area contributed by atoms with Crippen molar-refractivity contribution in [1.29, 1.82) is 0 Å². The van der Waals surface area contributed by atoms with Crippen LogP contribution >= 0.6 is 0 Å². The second kappa shape index (κ2) is 7.81. The number of hydrogen-bond acceptors (Lipinski definition) is 6. The van der Waals surface area contributed by atoms with Gasteiger partial charge in [-0.05, 0) is 25.0 Å². The number of hydrogen-bond donors (Lipinski definition) is 1. The second-order valence-electron chi connectivity index (χ2n) is 5.73. The molecule has 136 valence electrons. The molecule has 3 rings (SSSR count). The van der Waals surface area contributed by atoms with Crippen molar-refractivity contribution in [2.75, 3.05) is 7.11 Å². The second-order valence-corrected chi connectivity index (χ2v) is 5.73. The Labute approximate surface area is 151 Å². The van der Waals surface area contributed by atoms with Gasteiger partial charge in [0.05, 0.1) is 19.0 Å². The standard InChI is InChI=1S/C18H21N5O3/c1-4-12(5-2)19-16(24)18-21-20-17(26-18)15-14(25-3)11-23(22-15)13-9-7-6-8-10-13/h6-12H,4-5H2,1-3H3,(H,19,24). The van der Waals surface area contributed by atoms with Gasteiger partial charge in [-0.3, -0.25) is 4.79 Å². The first kappa shape index (κ1) is 17.7. The van der Waals surface area contributed by atoms with E-state index in [0.717, 1.165) is 18.5 Å². The molecule has 0 radical (unpaired) electrons. The first-order valence-corrected chi connectivity index (χ1v) is 8.50. The normalized spacial score (nSPS) is 10.9. The Kier molecular flexibility index (Phi) is 5.31. The molecule has 0 aliphatic heterocycles. The summed E-state index contributed by atoms with van der Waals surface area (Å²) in [7, 11) is 1.53. The lowest BCUT2D eigenvalue weighted by Crippen LogP contribution is -2.34. The Hall–Kier alpha value is -3.16. The average molecular weight is 355 g/mol. The van der Waals surface area contributed by atoms with E-state index in [1.54, 1.807) is 10.9 Å². The number of carbonyl (C=O) groups excluding carboxylic acids is 1. The minimum absolute atomic E-state index is 0.0738. The molecule has 1 N–H and O–H groups in total. The number of methoxy groups -OCH3 is 1. The number of amides is 1. The van der Waals surface area contributed by atoms with E-state index in [1.807, 2.05) is 44.2 Å². The Morgan fingerprint density at radius 3 is 2.62 bits per heavy atom. The molecular formula is C18H21N5O3. The van der Waals surface area contributed by atoms with Crippen molar-refractivity contribution in [3.63, 3.8) is 0 Å². The highest BCUT2D eigenvalue weighted by Crippen LogP contribution is 2.28. The van der Waals surface area contributed by atoms with Crippen LogP contribution in [0.5, 0.6) is 5.75 Å². The number of ether oxygens (including phenoxy) is 1. The summed E-state index contributed by atoms with van der Waals surface area (Å²) in [5, 5.41) is 15.1. The number of para-hydroxylation sites is 1. The van der Waals surface area contributed by atoms with Crippen molar-refractivity contribution < 1.29 is 13.9 Å². The molecule has 3 aromatic rings. The molecule has 0 fully saturated rings. The fraction of sp³-hybridized carbons (Fsp3) is 0.333. The third-order valence-corrected chi connectivity index (χ3v) is 4.06. The van der Waals surface area contributed by atoms with E-state index in [2.05, 4.69) is 20.6 Å². The molecular weight excluding hydrogens is 334 g/mol. The summed E-state index contributed by atoms with van der Waals surface area (Å²) in [6, 6.07) is 9.65. The van der Waals surface area contributed by atoms with Crippen molar-refractivity contribution in [1.82, 2.24) is 25.3 Å². The third kappa shape index (κ3) is 3.58. The summed E-state index contributed by atoms with van der Waals surface area (Å²) in [5.41, 5.74) is 1.24. The molecule has 0 saturated carbocycles. The van der Waals surface area contributed by atoms with Gasteiger partial charge in [0.25, 0.3) is 5.89 Å². The fourth-order valence-corrected chi connectivity index (χ4v) is 2.52. The van der Waals surface area contributed by atoms with Crippen LogP contribution in [0.3, 0.4) is 0 Å². The monoisotopic (exact) mass is 355 g/mol. The average Bonchev–Trinajstić information content (AvgIpc) is 3.33. The highest BCUT2D eigenvalue weighted by molar-refractivity contribution is 5.89. The van der Waals surface area contributed by atoms with Gasteiger partial charge in [-0.1, -0.05) is 32.0 Å². The molecule has 0 atom stereocenters. The van der Waals surface area contributed by atoms with E-state index in [4.69, 9.17) is 9.15 Å². The molecule has 1 amide bonds. The van der Waals surface area contributed by atoms with E-state index < -0.39 is 0 Å². The Bertz CT molecular complexity index is 868. The van der Waals surface area contributed by atoms with Gasteiger partial charge in [0.1, 0.15) is 0 Å². The largest absolute Gasteiger partial charge is 0.493 e. The van der Waals surface area contributed by atoms with Crippen LogP contribution in [-0.4, -0.2) is 39.0 Å². The van der Waals surface area contributed by atoms with Crippen molar-refractivity contribution in [2.45, 2.75) is 32.7 Å². The topological polar surface area (TPSA) is 95.1 Å². The quantitative estimate of drug-likeness (QED) is 0.700. The van der Waals surface area contributed by atoms with Gasteiger partial charge in [-0.2, -0.15) is 5.10 Å². The summed E-state index contributed by atoms with van der Waals surface area (Å²) in [6.07, 6.45) is 3.38. The van der Waals surface area contributed by atoms with Crippen molar-refractivity contribution in [3.8, 4) is 23.0 Å². The SMILES string of the molecule is CCC(CC)NC(=O)c1nnc(-c2nn(-c3ccccc3)cc2OC)o1. The fourth-order valence-electron chi connectivity index (χ4n) is 2.52. The summed E-state index contributed by atoms with van der Waals surface area (Å²) < 4.78 is 12.5. The summed E-state index contributed by atoms with van der Waals surface area (Å²) in [6.45, 7) is 4.02. The molecule has 0 spiro atoms. The van der Waals surface area contributed by atoms with Crippen LogP contribution in [0.25, 0.3) is 17.3 Å². The Morgan fingerprint density at radius 2 is 1.96 bits per heavy atom. The Balaban J connectivity index is 1.87. The first-order valence-electron chi connectivity index (χ1n) is 8.50. The molecule has 0 saturated heterocycles. The summed E-state index contributed by atoms with van der Waals surface area (Å²) in [5.74, 6) is 0.123. The molecule has 8 heteroatoms. The zero-order valence-electron chi connectivity index (χ0n) is 15.0. The van der Waals surface area contributed by atoms with Crippen molar-refractivity contribution in [3.05, 3.63) is 42.4 Å². The lowest BCUT2D eigenvalue weighted by atomic mass is 10.2. The van der Waals surface area contributed by atoms with Gasteiger partial charge in [0, 0.05) is 6.04 Å². The van der Waals surface area contributed by atoms with Gasteiger partial charge in [0.2, 0.25) is 0 Å². The van der Waals surface area contributed by atoms with Crippen molar-refractivity contribution in [2.24, 2.45) is 0 Å². The third-order valence-electron chi connectivity index (χ3n) is 4.06. The number of nitrogens with zero attached hydrogens (tertiary/aromatic N) is 4. The minimum Gasteiger partial charge on any atom is -0.493 e. The molecule has 0 unspecified atom stereocenters. The zero-order chi connectivity index (χ0) is 18.5. The lowest BCUT2D eigenvalue weighted by molar-refractivity contribution is 0.0900. The van der Waals surface area contributed by atoms with E-state index in [-0.39, 0.29) is 23.7 Å². The van der Waals surface area contributed by atoms with E-state index in [1.165, 1.54) is 7.11 Å². The van der Waals surface area contributed by atoms with Crippen LogP contribution in [0.15, 0.2) is 40.9 Å². The summed E-state index contributed by atoms with van der Waals surface area (Å²) >= 11 is 0. The zero-order valence-corrected chi connectivity index (χ0v) is 15.0. The molecule has 2 heterocycles. The van der Waals surface area contributed by atoms with Crippen LogP contribution in [0.4, 0.5) is 0 Å². The van der Waals surface area contributed by atoms with Gasteiger partial charge >= 0.3 is 11.8 Å². The minimum atomic E-state index is -0.390. The molecule has 0 aliphatic rings. The van der Waals surface area contributed by atoms with Gasteiger partial charge < -0.3 is 14.5 Å². The molecule has 1 aromatic carbocycles. The number of benzene rings is 1. The highest BCUT2D eigenvalue weighted by Gasteiger charge is 2.22. The smallest absolute Gasteiger partial charge is 0.309 e. The molecule has 8 nitrogen and oxygen atoms in total. The number of carbonyl (C=O) groups is 1. The predicted octanol–water partition coefficient (Wildman–Crippen LogP) is 2.85. The van der Waals surface area contributed by atoms with Crippen molar-refractivity contribution >= 4 is 5.91 Å². The number of rotatable bonds is 7. The molecule has 26 heavy (non-hydrogen) atoms.